The van der Waals surface area contributed by atoms with Gasteiger partial charge in [-0.2, -0.15) is 0 Å². The number of hydrogen-bond donors (Lipinski definition) is 4. The summed E-state index contributed by atoms with van der Waals surface area (Å²) in [5, 5.41) is 35.7. The summed E-state index contributed by atoms with van der Waals surface area (Å²) >= 11 is 0. The maximum Gasteiger partial charge on any atom is 0.335 e. The first kappa shape index (κ1) is 13.2. The standard InChI is InChI=1S/C6H11O7P/c1-6(11,4(8)5(9)10)3(7)2-14(12)13/h3-4,7-8,11H,2H2,1H3,(H,9,10). The van der Waals surface area contributed by atoms with Crippen LogP contribution in [0.25, 0.3) is 0 Å². The van der Waals surface area contributed by atoms with Crippen molar-refractivity contribution in [3.8, 4) is 0 Å². The van der Waals surface area contributed by atoms with Crippen molar-refractivity contribution in [3.05, 3.63) is 0 Å². The molecule has 14 heavy (non-hydrogen) atoms. The molecule has 7 nitrogen and oxygen atoms in total. The van der Waals surface area contributed by atoms with E-state index in [1.54, 1.807) is 0 Å². The molecule has 0 aromatic rings. The first-order valence-electron chi connectivity index (χ1n) is 3.62. The van der Waals surface area contributed by atoms with Crippen molar-refractivity contribution in [3.63, 3.8) is 0 Å². The van der Waals surface area contributed by atoms with Crippen LogP contribution in [0.1, 0.15) is 6.92 Å². The Balaban J connectivity index is 4.67. The predicted octanol–water partition coefficient (Wildman–Crippen LogP) is -1.28. The van der Waals surface area contributed by atoms with Crippen LogP contribution in [0.3, 0.4) is 0 Å². The minimum Gasteiger partial charge on any atom is -0.479 e. The molecular formula is C6H11O7P. The van der Waals surface area contributed by atoms with Crippen molar-refractivity contribution in [2.75, 3.05) is 6.16 Å². The molecule has 4 N–H and O–H groups in total. The average Bonchev–Trinajstić information content (AvgIpc) is 2.01. The molecule has 0 radical (unpaired) electrons. The van der Waals surface area contributed by atoms with Crippen LogP contribution in [0.5, 0.6) is 0 Å². The van der Waals surface area contributed by atoms with Crippen LogP contribution < -0.4 is 0 Å². The molecule has 3 unspecified atom stereocenters. The highest BCUT2D eigenvalue weighted by Gasteiger charge is 2.42. The van der Waals surface area contributed by atoms with Gasteiger partial charge in [0.25, 0.3) is 0 Å². The Morgan fingerprint density at radius 1 is 1.43 bits per heavy atom. The van der Waals surface area contributed by atoms with Gasteiger partial charge in [-0.05, 0) is 6.92 Å². The summed E-state index contributed by atoms with van der Waals surface area (Å²) in [4.78, 5) is 10.3. The lowest BCUT2D eigenvalue weighted by Gasteiger charge is -2.29. The van der Waals surface area contributed by atoms with Gasteiger partial charge in [0.2, 0.25) is 0 Å². The van der Waals surface area contributed by atoms with Gasteiger partial charge < -0.3 is 20.4 Å². The molecule has 0 aromatic heterocycles. The van der Waals surface area contributed by atoms with E-state index in [0.29, 0.717) is 0 Å². The molecule has 0 aliphatic carbocycles. The van der Waals surface area contributed by atoms with Gasteiger partial charge in [0, 0.05) is 0 Å². The van der Waals surface area contributed by atoms with Gasteiger partial charge in [-0.25, -0.2) is 13.9 Å². The number of hydrogen-bond acceptors (Lipinski definition) is 6. The third-order valence-electron chi connectivity index (χ3n) is 1.78. The molecule has 0 aliphatic heterocycles. The Labute approximate surface area is 79.8 Å². The minimum absolute atomic E-state index is 0.813. The zero-order valence-corrected chi connectivity index (χ0v) is 8.22. The molecule has 0 amide bonds. The third-order valence-corrected chi connectivity index (χ3v) is 2.43. The summed E-state index contributed by atoms with van der Waals surface area (Å²) in [5.41, 5.74) is -2.40. The number of aliphatic hydroxyl groups excluding tert-OH is 2. The van der Waals surface area contributed by atoms with Gasteiger partial charge in [-0.3, -0.25) is 0 Å². The van der Waals surface area contributed by atoms with E-state index in [-0.39, 0.29) is 0 Å². The molecule has 0 spiro atoms. The van der Waals surface area contributed by atoms with Gasteiger partial charge in [0.15, 0.2) is 6.10 Å². The van der Waals surface area contributed by atoms with Gasteiger partial charge >= 0.3 is 13.6 Å². The maximum absolute atomic E-state index is 10.3. The molecule has 0 rings (SSSR count). The molecule has 0 aromatic carbocycles. The van der Waals surface area contributed by atoms with E-state index in [0.717, 1.165) is 6.92 Å². The summed E-state index contributed by atoms with van der Waals surface area (Å²) in [6, 6.07) is 0. The SMILES string of the molecule is CC(O)(C(O)CP(=O)=O)C(O)C(=O)O. The van der Waals surface area contributed by atoms with Gasteiger partial charge in [-0.1, -0.05) is 0 Å². The molecule has 0 aliphatic rings. The number of carbonyl (C=O) groups is 1. The largest absolute Gasteiger partial charge is 0.479 e. The highest BCUT2D eigenvalue weighted by Crippen LogP contribution is 2.20. The molecular weight excluding hydrogens is 215 g/mol. The second-order valence-electron chi connectivity index (χ2n) is 3.00. The highest BCUT2D eigenvalue weighted by molar-refractivity contribution is 7.30. The van der Waals surface area contributed by atoms with E-state index in [2.05, 4.69) is 0 Å². The minimum atomic E-state index is -2.96. The predicted molar refractivity (Wildman–Crippen MR) is 43.4 cm³/mol. The Kier molecular flexibility index (Phi) is 4.41. The monoisotopic (exact) mass is 226 g/mol. The number of rotatable bonds is 5. The summed E-state index contributed by atoms with van der Waals surface area (Å²) in [6.45, 7) is 0.843. The van der Waals surface area contributed by atoms with E-state index in [1.807, 2.05) is 0 Å². The molecule has 0 heterocycles. The number of aliphatic hydroxyl groups is 3. The van der Waals surface area contributed by atoms with Gasteiger partial charge in [0.05, 0.1) is 12.3 Å². The van der Waals surface area contributed by atoms with Crippen LogP contribution in [0.15, 0.2) is 0 Å². The normalized spacial score (nSPS) is 19.4. The summed E-state index contributed by atoms with van der Waals surface area (Å²) < 4.78 is 20.4. The number of aliphatic carboxylic acids is 1. The Bertz CT molecular complexity index is 274. The Morgan fingerprint density at radius 3 is 2.14 bits per heavy atom. The average molecular weight is 226 g/mol. The fourth-order valence-electron chi connectivity index (χ4n) is 0.758. The highest BCUT2D eigenvalue weighted by atomic mass is 31.1. The molecule has 0 saturated heterocycles. The molecule has 0 fully saturated rings. The fraction of sp³-hybridized carbons (Fsp3) is 0.833. The smallest absolute Gasteiger partial charge is 0.335 e. The van der Waals surface area contributed by atoms with E-state index < -0.39 is 37.6 Å². The van der Waals surface area contributed by atoms with E-state index in [9.17, 15) is 19.0 Å². The van der Waals surface area contributed by atoms with Crippen molar-refractivity contribution in [1.82, 2.24) is 0 Å². The van der Waals surface area contributed by atoms with Crippen molar-refractivity contribution >= 4 is 13.6 Å². The zero-order valence-electron chi connectivity index (χ0n) is 7.32. The van der Waals surface area contributed by atoms with Crippen molar-refractivity contribution in [2.24, 2.45) is 0 Å². The van der Waals surface area contributed by atoms with Crippen molar-refractivity contribution in [2.45, 2.75) is 24.7 Å². The molecule has 8 heteroatoms. The topological polar surface area (TPSA) is 132 Å². The van der Waals surface area contributed by atoms with Crippen molar-refractivity contribution in [1.29, 1.82) is 0 Å². The van der Waals surface area contributed by atoms with Crippen LogP contribution >= 0.6 is 7.68 Å². The van der Waals surface area contributed by atoms with E-state index in [1.165, 1.54) is 0 Å². The van der Waals surface area contributed by atoms with Gasteiger partial charge in [-0.15, -0.1) is 0 Å². The quantitative estimate of drug-likeness (QED) is 0.429. The Morgan fingerprint density at radius 2 is 1.86 bits per heavy atom. The van der Waals surface area contributed by atoms with E-state index in [4.69, 9.17) is 15.3 Å². The van der Waals surface area contributed by atoms with Crippen LogP contribution in [0.4, 0.5) is 0 Å². The lowest BCUT2D eigenvalue weighted by Crippen LogP contribution is -2.54. The molecule has 0 saturated carbocycles. The number of carboxylic acids is 1. The van der Waals surface area contributed by atoms with Crippen LogP contribution in [0, 0.1) is 0 Å². The summed E-state index contributed by atoms with van der Waals surface area (Å²) in [6.07, 6.45) is -4.91. The second-order valence-corrected chi connectivity index (χ2v) is 4.03. The summed E-state index contributed by atoms with van der Waals surface area (Å²) in [5.74, 6) is -1.74. The Hall–Kier alpha value is -0.750. The zero-order chi connectivity index (χ0) is 11.5. The summed E-state index contributed by atoms with van der Waals surface area (Å²) in [7, 11) is -2.96. The van der Waals surface area contributed by atoms with Gasteiger partial charge in [0.1, 0.15) is 5.60 Å². The number of carboxylic acid groups (broad SMARTS) is 1. The second kappa shape index (κ2) is 4.65. The van der Waals surface area contributed by atoms with Crippen LogP contribution in [-0.2, 0) is 13.9 Å². The van der Waals surface area contributed by atoms with Crippen LogP contribution in [0.2, 0.25) is 0 Å². The lowest BCUT2D eigenvalue weighted by molar-refractivity contribution is -0.173. The van der Waals surface area contributed by atoms with Crippen LogP contribution in [-0.4, -0.2) is 50.4 Å². The lowest BCUT2D eigenvalue weighted by atomic mass is 9.93. The molecule has 0 bridgehead atoms. The molecule has 3 atom stereocenters. The first-order valence-corrected chi connectivity index (χ1v) is 4.99. The third kappa shape index (κ3) is 3.19. The molecule has 82 valence electrons. The fourth-order valence-corrected chi connectivity index (χ4v) is 1.41. The first-order chi connectivity index (χ1) is 6.19. The van der Waals surface area contributed by atoms with Crippen molar-refractivity contribution < 1.29 is 34.4 Å². The maximum atomic E-state index is 10.3. The van der Waals surface area contributed by atoms with E-state index >= 15 is 0 Å².